The van der Waals surface area contributed by atoms with Crippen molar-refractivity contribution in [2.75, 3.05) is 0 Å². The lowest BCUT2D eigenvalue weighted by Crippen LogP contribution is -2.47. The Morgan fingerprint density at radius 1 is 1.24 bits per heavy atom. The summed E-state index contributed by atoms with van der Waals surface area (Å²) in [6.45, 7) is 1.88. The number of hydrogen-bond acceptors (Lipinski definition) is 2. The van der Waals surface area contributed by atoms with Crippen LogP contribution in [0.1, 0.15) is 60.9 Å². The molecule has 0 spiro atoms. The first-order valence-corrected chi connectivity index (χ1v) is 7.94. The lowest BCUT2D eigenvalue weighted by Gasteiger charge is -2.30. The Morgan fingerprint density at radius 3 is 2.48 bits per heavy atom. The molecule has 1 amide bonds. The molecule has 1 aliphatic carbocycles. The number of carbonyl (C=O) groups excluding carboxylic acids is 1. The minimum absolute atomic E-state index is 0.197. The van der Waals surface area contributed by atoms with Crippen LogP contribution in [0.2, 0.25) is 5.02 Å². The van der Waals surface area contributed by atoms with Gasteiger partial charge in [-0.25, -0.2) is 0 Å². The number of amides is 1. The largest absolute Gasteiger partial charge is 0.334 e. The zero-order chi connectivity index (χ0) is 15.3. The summed E-state index contributed by atoms with van der Waals surface area (Å²) in [6.07, 6.45) is 6.93. The third-order valence-corrected chi connectivity index (χ3v) is 4.45. The maximum atomic E-state index is 12.5. The summed E-state index contributed by atoms with van der Waals surface area (Å²) < 4.78 is 0. The number of benzene rings is 1. The Labute approximate surface area is 131 Å². The fourth-order valence-corrected chi connectivity index (χ4v) is 3.07. The van der Waals surface area contributed by atoms with E-state index in [-0.39, 0.29) is 5.91 Å². The van der Waals surface area contributed by atoms with E-state index < -0.39 is 5.54 Å². The van der Waals surface area contributed by atoms with Crippen molar-refractivity contribution in [2.45, 2.75) is 57.4 Å². The number of rotatable bonds is 2. The number of aryl methyl sites for hydroxylation is 1. The summed E-state index contributed by atoms with van der Waals surface area (Å²) in [4.78, 5) is 12.5. The average Bonchev–Trinajstić information content (AvgIpc) is 2.44. The summed E-state index contributed by atoms with van der Waals surface area (Å²) in [6, 6.07) is 7.62. The topological polar surface area (TPSA) is 52.9 Å². The predicted octanol–water partition coefficient (Wildman–Crippen LogP) is 4.38. The standard InChI is InChI=1S/C17H21ClN2O/c1-13-7-8-14(18)11-15(13)16(21)20-17(12-19)9-5-3-2-4-6-10-17/h7-8,11H,2-6,9-10H2,1H3,(H,20,21). The Bertz CT molecular complexity index is 554. The van der Waals surface area contributed by atoms with Gasteiger partial charge < -0.3 is 5.32 Å². The van der Waals surface area contributed by atoms with Crippen molar-refractivity contribution in [3.8, 4) is 6.07 Å². The van der Waals surface area contributed by atoms with Crippen molar-refractivity contribution >= 4 is 17.5 Å². The van der Waals surface area contributed by atoms with E-state index in [4.69, 9.17) is 11.6 Å². The monoisotopic (exact) mass is 304 g/mol. The summed E-state index contributed by atoms with van der Waals surface area (Å²) >= 11 is 5.97. The van der Waals surface area contributed by atoms with Gasteiger partial charge in [-0.1, -0.05) is 49.8 Å². The Kier molecular flexibility index (Phi) is 5.25. The van der Waals surface area contributed by atoms with Crippen LogP contribution in [-0.2, 0) is 0 Å². The summed E-state index contributed by atoms with van der Waals surface area (Å²) in [7, 11) is 0. The molecule has 0 aliphatic heterocycles. The molecule has 0 atom stereocenters. The van der Waals surface area contributed by atoms with E-state index in [2.05, 4.69) is 11.4 Å². The van der Waals surface area contributed by atoms with E-state index in [1.807, 2.05) is 13.0 Å². The van der Waals surface area contributed by atoms with Crippen molar-refractivity contribution in [2.24, 2.45) is 0 Å². The first kappa shape index (κ1) is 15.9. The molecule has 4 heteroatoms. The van der Waals surface area contributed by atoms with Crippen LogP contribution >= 0.6 is 11.6 Å². The van der Waals surface area contributed by atoms with Crippen LogP contribution in [0.5, 0.6) is 0 Å². The van der Waals surface area contributed by atoms with Crippen molar-refractivity contribution < 1.29 is 4.79 Å². The quantitative estimate of drug-likeness (QED) is 0.881. The molecule has 0 aromatic heterocycles. The highest BCUT2D eigenvalue weighted by molar-refractivity contribution is 6.31. The molecule has 21 heavy (non-hydrogen) atoms. The molecule has 1 aromatic rings. The Hall–Kier alpha value is -1.53. The van der Waals surface area contributed by atoms with Gasteiger partial charge in [0.1, 0.15) is 5.54 Å². The molecule has 0 radical (unpaired) electrons. The molecule has 0 bridgehead atoms. The SMILES string of the molecule is Cc1ccc(Cl)cc1C(=O)NC1(C#N)CCCCCCC1. The molecule has 1 aliphatic rings. The van der Waals surface area contributed by atoms with Gasteiger partial charge in [-0.05, 0) is 37.5 Å². The number of nitriles is 1. The second-order valence-corrected chi connectivity index (χ2v) is 6.31. The maximum absolute atomic E-state index is 12.5. The molecule has 0 heterocycles. The van der Waals surface area contributed by atoms with Crippen LogP contribution in [0.25, 0.3) is 0 Å². The van der Waals surface area contributed by atoms with Crippen molar-refractivity contribution in [3.05, 3.63) is 34.3 Å². The number of halogens is 1. The number of nitrogens with zero attached hydrogens (tertiary/aromatic N) is 1. The molecule has 1 aromatic carbocycles. The van der Waals surface area contributed by atoms with Crippen LogP contribution in [0.15, 0.2) is 18.2 Å². The van der Waals surface area contributed by atoms with Gasteiger partial charge in [0.05, 0.1) is 6.07 Å². The lowest BCUT2D eigenvalue weighted by molar-refractivity contribution is 0.0907. The molecular formula is C17H21ClN2O. The van der Waals surface area contributed by atoms with E-state index >= 15 is 0 Å². The number of hydrogen-bond donors (Lipinski definition) is 1. The highest BCUT2D eigenvalue weighted by atomic mass is 35.5. The Balaban J connectivity index is 2.18. The third-order valence-electron chi connectivity index (χ3n) is 4.22. The van der Waals surface area contributed by atoms with Gasteiger partial charge in [0.25, 0.3) is 5.91 Å². The van der Waals surface area contributed by atoms with E-state index in [0.29, 0.717) is 10.6 Å². The second-order valence-electron chi connectivity index (χ2n) is 5.88. The van der Waals surface area contributed by atoms with Crippen LogP contribution in [0.4, 0.5) is 0 Å². The molecule has 0 saturated heterocycles. The van der Waals surface area contributed by atoms with Crippen LogP contribution in [0, 0.1) is 18.3 Å². The maximum Gasteiger partial charge on any atom is 0.252 e. The van der Waals surface area contributed by atoms with Gasteiger partial charge in [-0.15, -0.1) is 0 Å². The molecule has 112 valence electrons. The van der Waals surface area contributed by atoms with Gasteiger partial charge in [-0.3, -0.25) is 4.79 Å². The highest BCUT2D eigenvalue weighted by Crippen LogP contribution is 2.27. The fraction of sp³-hybridized carbons (Fsp3) is 0.529. The minimum Gasteiger partial charge on any atom is -0.334 e. The fourth-order valence-electron chi connectivity index (χ4n) is 2.90. The average molecular weight is 305 g/mol. The molecule has 1 saturated carbocycles. The molecule has 0 unspecified atom stereocenters. The molecular weight excluding hydrogens is 284 g/mol. The Morgan fingerprint density at radius 2 is 1.86 bits per heavy atom. The summed E-state index contributed by atoms with van der Waals surface area (Å²) in [5.41, 5.74) is 0.696. The van der Waals surface area contributed by atoms with Crippen LogP contribution in [0.3, 0.4) is 0 Å². The smallest absolute Gasteiger partial charge is 0.252 e. The van der Waals surface area contributed by atoms with Crippen molar-refractivity contribution in [1.29, 1.82) is 5.26 Å². The molecule has 3 nitrogen and oxygen atoms in total. The zero-order valence-corrected chi connectivity index (χ0v) is 13.2. The minimum atomic E-state index is -0.730. The normalized spacial score (nSPS) is 18.1. The predicted molar refractivity (Wildman–Crippen MR) is 84.3 cm³/mol. The summed E-state index contributed by atoms with van der Waals surface area (Å²) in [5, 5.41) is 13.1. The molecule has 1 N–H and O–H groups in total. The highest BCUT2D eigenvalue weighted by Gasteiger charge is 2.32. The lowest BCUT2D eigenvalue weighted by atomic mass is 9.84. The van der Waals surface area contributed by atoms with Gasteiger partial charge in [0.2, 0.25) is 0 Å². The number of carbonyl (C=O) groups is 1. The zero-order valence-electron chi connectivity index (χ0n) is 12.4. The number of nitrogens with one attached hydrogen (secondary N) is 1. The molecule has 2 rings (SSSR count). The van der Waals surface area contributed by atoms with Gasteiger partial charge in [0.15, 0.2) is 0 Å². The molecule has 1 fully saturated rings. The van der Waals surface area contributed by atoms with Gasteiger partial charge >= 0.3 is 0 Å². The van der Waals surface area contributed by atoms with Crippen LogP contribution in [-0.4, -0.2) is 11.4 Å². The second kappa shape index (κ2) is 6.95. The van der Waals surface area contributed by atoms with Gasteiger partial charge in [0, 0.05) is 10.6 Å². The van der Waals surface area contributed by atoms with Crippen molar-refractivity contribution in [3.63, 3.8) is 0 Å². The van der Waals surface area contributed by atoms with Gasteiger partial charge in [-0.2, -0.15) is 5.26 Å². The van der Waals surface area contributed by atoms with Crippen molar-refractivity contribution in [1.82, 2.24) is 5.32 Å². The first-order valence-electron chi connectivity index (χ1n) is 7.56. The summed E-state index contributed by atoms with van der Waals surface area (Å²) in [5.74, 6) is -0.197. The van der Waals surface area contributed by atoms with E-state index in [1.165, 1.54) is 6.42 Å². The first-order chi connectivity index (χ1) is 10.1. The van der Waals surface area contributed by atoms with E-state index in [0.717, 1.165) is 44.1 Å². The van der Waals surface area contributed by atoms with E-state index in [9.17, 15) is 10.1 Å². The third kappa shape index (κ3) is 3.98. The van der Waals surface area contributed by atoms with E-state index in [1.54, 1.807) is 12.1 Å². The van der Waals surface area contributed by atoms with Crippen LogP contribution < -0.4 is 5.32 Å².